The Morgan fingerprint density at radius 3 is 2.89 bits per heavy atom. The van der Waals surface area contributed by atoms with Crippen molar-refractivity contribution in [1.82, 2.24) is 4.90 Å². The molecule has 0 fully saturated rings. The van der Waals surface area contributed by atoms with Gasteiger partial charge in [-0.3, -0.25) is 4.99 Å². The van der Waals surface area contributed by atoms with E-state index in [-0.39, 0.29) is 6.10 Å². The van der Waals surface area contributed by atoms with Gasteiger partial charge in [0.15, 0.2) is 6.10 Å². The molecule has 102 valence electrons. The minimum absolute atomic E-state index is 0.0366. The lowest BCUT2D eigenvalue weighted by atomic mass is 10.1. The predicted molar refractivity (Wildman–Crippen MR) is 80.1 cm³/mol. The molecular weight excluding hydrogens is 236 g/mol. The molecule has 1 heterocycles. The van der Waals surface area contributed by atoms with E-state index in [2.05, 4.69) is 43.4 Å². The van der Waals surface area contributed by atoms with E-state index in [1.54, 1.807) is 0 Å². The van der Waals surface area contributed by atoms with Crippen LogP contribution in [0, 0.1) is 13.8 Å². The summed E-state index contributed by atoms with van der Waals surface area (Å²) in [7, 11) is 2.06. The highest BCUT2D eigenvalue weighted by Crippen LogP contribution is 2.23. The fourth-order valence-corrected chi connectivity index (χ4v) is 2.26. The number of likely N-dealkylation sites (N-methyl/N-ethyl adjacent to an activating group) is 1. The number of hydrogen-bond donors (Lipinski definition) is 0. The van der Waals surface area contributed by atoms with Crippen molar-refractivity contribution >= 4 is 5.84 Å². The Labute approximate surface area is 115 Å². The van der Waals surface area contributed by atoms with Gasteiger partial charge >= 0.3 is 0 Å². The van der Waals surface area contributed by atoms with E-state index in [1.807, 2.05) is 18.2 Å². The number of aryl methyl sites for hydroxylation is 1. The van der Waals surface area contributed by atoms with Crippen molar-refractivity contribution in [2.45, 2.75) is 26.4 Å². The smallest absolute Gasteiger partial charge is 0.159 e. The minimum atomic E-state index is -0.0366. The van der Waals surface area contributed by atoms with Crippen LogP contribution in [0.15, 0.2) is 35.8 Å². The van der Waals surface area contributed by atoms with E-state index in [0.29, 0.717) is 0 Å². The molecule has 0 aliphatic carbocycles. The third-order valence-electron chi connectivity index (χ3n) is 3.59. The molecule has 1 aromatic rings. The summed E-state index contributed by atoms with van der Waals surface area (Å²) in [6, 6.07) is 6.15. The zero-order valence-electron chi connectivity index (χ0n) is 12.0. The Bertz CT molecular complexity index is 494. The summed E-state index contributed by atoms with van der Waals surface area (Å²) >= 11 is 0. The van der Waals surface area contributed by atoms with Crippen LogP contribution in [0.25, 0.3) is 0 Å². The first-order chi connectivity index (χ1) is 9.13. The van der Waals surface area contributed by atoms with Crippen LogP contribution in [0.5, 0.6) is 5.75 Å². The molecule has 0 N–H and O–H groups in total. The second-order valence-electron chi connectivity index (χ2n) is 4.99. The van der Waals surface area contributed by atoms with E-state index < -0.39 is 0 Å². The number of benzene rings is 1. The van der Waals surface area contributed by atoms with E-state index in [9.17, 15) is 0 Å². The van der Waals surface area contributed by atoms with Gasteiger partial charge in [-0.05, 0) is 31.0 Å². The van der Waals surface area contributed by atoms with Gasteiger partial charge in [0, 0.05) is 20.0 Å². The zero-order chi connectivity index (χ0) is 13.8. The molecule has 0 radical (unpaired) electrons. The minimum Gasteiger partial charge on any atom is -0.482 e. The van der Waals surface area contributed by atoms with Crippen molar-refractivity contribution in [1.29, 1.82) is 0 Å². The van der Waals surface area contributed by atoms with Gasteiger partial charge in [0.25, 0.3) is 0 Å². The van der Waals surface area contributed by atoms with Crippen molar-refractivity contribution in [3.05, 3.63) is 42.0 Å². The van der Waals surface area contributed by atoms with Crippen LogP contribution < -0.4 is 4.74 Å². The van der Waals surface area contributed by atoms with Crippen LogP contribution in [0.3, 0.4) is 0 Å². The Hall–Kier alpha value is -1.77. The Kier molecular flexibility index (Phi) is 4.25. The molecule has 3 nitrogen and oxygen atoms in total. The van der Waals surface area contributed by atoms with Gasteiger partial charge in [0.1, 0.15) is 11.6 Å². The zero-order valence-corrected chi connectivity index (χ0v) is 12.0. The molecule has 1 aliphatic heterocycles. The lowest BCUT2D eigenvalue weighted by Gasteiger charge is -2.24. The molecule has 19 heavy (non-hydrogen) atoms. The standard InChI is InChI=1S/C16H22N2O/c1-5-7-15(16-17-10-11-18(16)4)19-14-9-6-8-12(2)13(14)3/h5-6,8-9,15H,1,7,10-11H2,2-4H3. The second kappa shape index (κ2) is 5.91. The molecule has 1 unspecified atom stereocenters. The van der Waals surface area contributed by atoms with E-state index >= 15 is 0 Å². The van der Waals surface area contributed by atoms with Crippen molar-refractivity contribution < 1.29 is 4.74 Å². The summed E-state index contributed by atoms with van der Waals surface area (Å²) in [5.41, 5.74) is 2.44. The first-order valence-electron chi connectivity index (χ1n) is 6.72. The number of rotatable bonds is 5. The fourth-order valence-electron chi connectivity index (χ4n) is 2.26. The SMILES string of the molecule is C=CCC(Oc1cccc(C)c1C)C1=NCCN1C. The normalized spacial score (nSPS) is 16.2. The molecule has 0 saturated heterocycles. The van der Waals surface area contributed by atoms with E-state index in [4.69, 9.17) is 4.74 Å². The maximum Gasteiger partial charge on any atom is 0.159 e. The third-order valence-corrected chi connectivity index (χ3v) is 3.59. The Morgan fingerprint density at radius 1 is 1.47 bits per heavy atom. The lowest BCUT2D eigenvalue weighted by molar-refractivity contribution is 0.254. The summed E-state index contributed by atoms with van der Waals surface area (Å²) in [6.45, 7) is 9.85. The molecule has 3 heteroatoms. The summed E-state index contributed by atoms with van der Waals surface area (Å²) in [4.78, 5) is 6.72. The average Bonchev–Trinajstić information content (AvgIpc) is 2.80. The third kappa shape index (κ3) is 2.98. The molecule has 0 aromatic heterocycles. The van der Waals surface area contributed by atoms with Crippen LogP contribution in [0.1, 0.15) is 17.5 Å². The van der Waals surface area contributed by atoms with Crippen molar-refractivity contribution in [2.24, 2.45) is 4.99 Å². The average molecular weight is 258 g/mol. The van der Waals surface area contributed by atoms with Crippen LogP contribution in [0.4, 0.5) is 0 Å². The quantitative estimate of drug-likeness (QED) is 0.759. The molecule has 0 bridgehead atoms. The number of amidine groups is 1. The fraction of sp³-hybridized carbons (Fsp3) is 0.438. The maximum atomic E-state index is 6.18. The second-order valence-corrected chi connectivity index (χ2v) is 4.99. The largest absolute Gasteiger partial charge is 0.482 e. The highest BCUT2D eigenvalue weighted by molar-refractivity contribution is 5.88. The van der Waals surface area contributed by atoms with Gasteiger partial charge in [-0.2, -0.15) is 0 Å². The Balaban J connectivity index is 2.21. The molecule has 2 rings (SSSR count). The summed E-state index contributed by atoms with van der Waals surface area (Å²) < 4.78 is 6.18. The van der Waals surface area contributed by atoms with Crippen molar-refractivity contribution in [2.75, 3.05) is 20.1 Å². The molecule has 1 atom stereocenters. The topological polar surface area (TPSA) is 24.8 Å². The van der Waals surface area contributed by atoms with Gasteiger partial charge < -0.3 is 9.64 Å². The Morgan fingerprint density at radius 2 is 2.26 bits per heavy atom. The maximum absolute atomic E-state index is 6.18. The van der Waals surface area contributed by atoms with Crippen LogP contribution in [-0.2, 0) is 0 Å². The number of hydrogen-bond acceptors (Lipinski definition) is 3. The van der Waals surface area contributed by atoms with Gasteiger partial charge in [-0.25, -0.2) is 0 Å². The summed E-state index contributed by atoms with van der Waals surface area (Å²) in [5.74, 6) is 1.97. The van der Waals surface area contributed by atoms with Crippen LogP contribution >= 0.6 is 0 Å². The van der Waals surface area contributed by atoms with Gasteiger partial charge in [0.05, 0.1) is 6.54 Å². The van der Waals surface area contributed by atoms with Crippen LogP contribution in [-0.4, -0.2) is 37.0 Å². The molecule has 1 aliphatic rings. The highest BCUT2D eigenvalue weighted by Gasteiger charge is 2.24. The molecular formula is C16H22N2O. The predicted octanol–water partition coefficient (Wildman–Crippen LogP) is 2.97. The van der Waals surface area contributed by atoms with E-state index in [0.717, 1.165) is 31.1 Å². The molecule has 0 saturated carbocycles. The molecule has 1 aromatic carbocycles. The van der Waals surface area contributed by atoms with Crippen molar-refractivity contribution in [3.8, 4) is 5.75 Å². The van der Waals surface area contributed by atoms with Gasteiger partial charge in [-0.1, -0.05) is 18.2 Å². The lowest BCUT2D eigenvalue weighted by Crippen LogP contribution is -2.37. The van der Waals surface area contributed by atoms with Crippen LogP contribution in [0.2, 0.25) is 0 Å². The van der Waals surface area contributed by atoms with Gasteiger partial charge in [0.2, 0.25) is 0 Å². The summed E-state index contributed by atoms with van der Waals surface area (Å²) in [6.07, 6.45) is 2.63. The number of ether oxygens (including phenoxy) is 1. The number of nitrogens with zero attached hydrogens (tertiary/aromatic N) is 2. The monoisotopic (exact) mass is 258 g/mol. The van der Waals surface area contributed by atoms with Crippen molar-refractivity contribution in [3.63, 3.8) is 0 Å². The first kappa shape index (κ1) is 13.7. The first-order valence-corrected chi connectivity index (χ1v) is 6.72. The number of aliphatic imine (C=N–C) groups is 1. The molecule has 0 amide bonds. The molecule has 0 spiro atoms. The van der Waals surface area contributed by atoms with Gasteiger partial charge in [-0.15, -0.1) is 6.58 Å². The van der Waals surface area contributed by atoms with E-state index in [1.165, 1.54) is 11.1 Å². The summed E-state index contributed by atoms with van der Waals surface area (Å²) in [5, 5.41) is 0. The highest BCUT2D eigenvalue weighted by atomic mass is 16.5.